The van der Waals surface area contributed by atoms with Gasteiger partial charge in [-0.1, -0.05) is 44.2 Å². The number of thiophene rings is 1. The third-order valence-electron chi connectivity index (χ3n) is 3.76. The van der Waals surface area contributed by atoms with Crippen molar-refractivity contribution in [3.8, 4) is 0 Å². The maximum atomic E-state index is 11.4. The van der Waals surface area contributed by atoms with Crippen LogP contribution in [-0.2, 0) is 11.2 Å². The second kappa shape index (κ2) is 7.56. The third kappa shape index (κ3) is 4.42. The van der Waals surface area contributed by atoms with Gasteiger partial charge in [-0.2, -0.15) is 0 Å². The molecule has 1 heterocycles. The number of carbonyl (C=O) groups is 1. The lowest BCUT2D eigenvalue weighted by Gasteiger charge is -2.18. The number of primary amides is 1. The van der Waals surface area contributed by atoms with Crippen molar-refractivity contribution in [2.75, 3.05) is 0 Å². The van der Waals surface area contributed by atoms with Gasteiger partial charge in [0.05, 0.1) is 4.88 Å². The number of amides is 1. The van der Waals surface area contributed by atoms with Crippen molar-refractivity contribution in [2.24, 2.45) is 11.7 Å². The number of quaternary nitrogens is 1. The van der Waals surface area contributed by atoms with E-state index in [0.29, 0.717) is 5.92 Å². The molecule has 118 valence electrons. The van der Waals surface area contributed by atoms with Crippen molar-refractivity contribution in [1.29, 1.82) is 0 Å². The average molecular weight is 317 g/mol. The van der Waals surface area contributed by atoms with E-state index in [1.54, 1.807) is 11.3 Å². The summed E-state index contributed by atoms with van der Waals surface area (Å²) >= 11 is 1.71. The monoisotopic (exact) mass is 317 g/mol. The Morgan fingerprint density at radius 1 is 1.18 bits per heavy atom. The maximum Gasteiger partial charge on any atom is 0.275 e. The number of benzene rings is 1. The third-order valence-corrected chi connectivity index (χ3v) is 4.72. The number of nitrogens with two attached hydrogens (primary N) is 2. The smallest absolute Gasteiger partial charge is 0.275 e. The molecule has 0 fully saturated rings. The average Bonchev–Trinajstić information content (AvgIpc) is 2.98. The van der Waals surface area contributed by atoms with Crippen LogP contribution in [0, 0.1) is 5.92 Å². The van der Waals surface area contributed by atoms with Crippen LogP contribution in [0.3, 0.4) is 0 Å². The molecule has 2 aromatic rings. The lowest BCUT2D eigenvalue weighted by Crippen LogP contribution is -2.92. The van der Waals surface area contributed by atoms with Gasteiger partial charge in [0.25, 0.3) is 5.91 Å². The molecule has 1 amide bonds. The van der Waals surface area contributed by atoms with Gasteiger partial charge in [0, 0.05) is 5.56 Å². The number of carbonyl (C=O) groups excluding carboxylic acids is 1. The Kier molecular flexibility index (Phi) is 5.75. The molecule has 3 nitrogen and oxygen atoms in total. The van der Waals surface area contributed by atoms with E-state index in [2.05, 4.69) is 49.6 Å². The predicted octanol–water partition coefficient (Wildman–Crippen LogP) is 2.47. The van der Waals surface area contributed by atoms with E-state index in [0.717, 1.165) is 6.42 Å². The van der Waals surface area contributed by atoms with Crippen LogP contribution in [-0.4, -0.2) is 11.9 Å². The fraction of sp³-hybridized carbons (Fsp3) is 0.389. The zero-order valence-electron chi connectivity index (χ0n) is 13.5. The van der Waals surface area contributed by atoms with E-state index in [1.165, 1.54) is 16.0 Å². The molecule has 0 radical (unpaired) electrons. The van der Waals surface area contributed by atoms with Crippen LogP contribution in [0.25, 0.3) is 0 Å². The minimum absolute atomic E-state index is 0.121. The zero-order valence-corrected chi connectivity index (χ0v) is 14.3. The van der Waals surface area contributed by atoms with Gasteiger partial charge in [0.1, 0.15) is 6.04 Å². The summed E-state index contributed by atoms with van der Waals surface area (Å²) < 4.78 is 0. The van der Waals surface area contributed by atoms with Gasteiger partial charge in [0.15, 0.2) is 6.04 Å². The Morgan fingerprint density at radius 2 is 1.86 bits per heavy atom. The summed E-state index contributed by atoms with van der Waals surface area (Å²) in [5.41, 5.74) is 7.99. The molecule has 1 aromatic heterocycles. The minimum atomic E-state index is -0.280. The van der Waals surface area contributed by atoms with Crippen LogP contribution in [0.2, 0.25) is 0 Å². The maximum absolute atomic E-state index is 11.4. The van der Waals surface area contributed by atoms with Gasteiger partial charge in [-0.15, -0.1) is 11.3 Å². The van der Waals surface area contributed by atoms with Crippen LogP contribution >= 0.6 is 11.3 Å². The van der Waals surface area contributed by atoms with Crippen LogP contribution in [0.4, 0.5) is 0 Å². The molecule has 0 aliphatic heterocycles. The Balaban J connectivity index is 2.23. The first-order valence-corrected chi connectivity index (χ1v) is 8.62. The van der Waals surface area contributed by atoms with E-state index in [4.69, 9.17) is 5.73 Å². The first-order valence-electron chi connectivity index (χ1n) is 7.74. The van der Waals surface area contributed by atoms with Crippen molar-refractivity contribution < 1.29 is 10.1 Å². The van der Waals surface area contributed by atoms with E-state index in [-0.39, 0.29) is 18.0 Å². The SMILES string of the molecule is CC(C)Cc1ccc([C@@H]([NH2+][C@H](C)C(N)=O)c2cccs2)cc1. The highest BCUT2D eigenvalue weighted by atomic mass is 32.1. The summed E-state index contributed by atoms with van der Waals surface area (Å²) in [6.07, 6.45) is 1.09. The Labute approximate surface area is 136 Å². The molecule has 0 aliphatic carbocycles. The summed E-state index contributed by atoms with van der Waals surface area (Å²) in [5.74, 6) is 0.373. The molecule has 4 N–H and O–H groups in total. The van der Waals surface area contributed by atoms with Crippen molar-refractivity contribution >= 4 is 17.2 Å². The van der Waals surface area contributed by atoms with Crippen molar-refractivity contribution in [1.82, 2.24) is 0 Å². The second-order valence-electron chi connectivity index (χ2n) is 6.22. The highest BCUT2D eigenvalue weighted by Gasteiger charge is 2.24. The lowest BCUT2D eigenvalue weighted by molar-refractivity contribution is -0.704. The van der Waals surface area contributed by atoms with Gasteiger partial charge in [-0.25, -0.2) is 0 Å². The van der Waals surface area contributed by atoms with Crippen LogP contribution in [0.15, 0.2) is 41.8 Å². The quantitative estimate of drug-likeness (QED) is 0.810. The van der Waals surface area contributed by atoms with Crippen LogP contribution in [0.1, 0.15) is 42.8 Å². The highest BCUT2D eigenvalue weighted by Crippen LogP contribution is 2.23. The Hall–Kier alpha value is -1.65. The Bertz CT molecular complexity index is 590. The van der Waals surface area contributed by atoms with Gasteiger partial charge in [-0.05, 0) is 36.3 Å². The first-order chi connectivity index (χ1) is 10.5. The van der Waals surface area contributed by atoms with Gasteiger partial charge < -0.3 is 11.1 Å². The highest BCUT2D eigenvalue weighted by molar-refractivity contribution is 7.10. The number of rotatable bonds is 7. The largest absolute Gasteiger partial charge is 0.365 e. The molecular weight excluding hydrogens is 292 g/mol. The van der Waals surface area contributed by atoms with E-state index < -0.39 is 0 Å². The first kappa shape index (κ1) is 16.7. The molecule has 22 heavy (non-hydrogen) atoms. The number of hydrogen-bond donors (Lipinski definition) is 2. The summed E-state index contributed by atoms with van der Waals surface area (Å²) in [4.78, 5) is 12.6. The van der Waals surface area contributed by atoms with E-state index in [9.17, 15) is 4.79 Å². The number of hydrogen-bond acceptors (Lipinski definition) is 2. The molecule has 0 saturated carbocycles. The van der Waals surface area contributed by atoms with Crippen LogP contribution in [0.5, 0.6) is 0 Å². The molecule has 2 atom stereocenters. The molecule has 0 saturated heterocycles. The fourth-order valence-electron chi connectivity index (χ4n) is 2.55. The fourth-order valence-corrected chi connectivity index (χ4v) is 3.39. The van der Waals surface area contributed by atoms with Gasteiger partial charge >= 0.3 is 0 Å². The van der Waals surface area contributed by atoms with Crippen molar-refractivity contribution in [3.63, 3.8) is 0 Å². The topological polar surface area (TPSA) is 59.7 Å². The van der Waals surface area contributed by atoms with Gasteiger partial charge in [-0.3, -0.25) is 4.79 Å². The Morgan fingerprint density at radius 3 is 2.36 bits per heavy atom. The summed E-state index contributed by atoms with van der Waals surface area (Å²) in [6.45, 7) is 6.31. The summed E-state index contributed by atoms with van der Waals surface area (Å²) in [6, 6.07) is 12.8. The van der Waals surface area contributed by atoms with E-state index in [1.807, 2.05) is 18.3 Å². The van der Waals surface area contributed by atoms with Crippen molar-refractivity contribution in [2.45, 2.75) is 39.3 Å². The lowest BCUT2D eigenvalue weighted by atomic mass is 9.98. The van der Waals surface area contributed by atoms with E-state index >= 15 is 0 Å². The normalized spacial score (nSPS) is 14.0. The predicted molar refractivity (Wildman–Crippen MR) is 91.7 cm³/mol. The molecule has 0 spiro atoms. The van der Waals surface area contributed by atoms with Crippen LogP contribution < -0.4 is 11.1 Å². The molecule has 4 heteroatoms. The van der Waals surface area contributed by atoms with Crippen molar-refractivity contribution in [3.05, 3.63) is 57.8 Å². The molecule has 1 aromatic carbocycles. The summed E-state index contributed by atoms with van der Waals surface area (Å²) in [7, 11) is 0. The molecule has 0 aliphatic rings. The molecule has 2 rings (SSSR count). The molecular formula is C18H25N2OS+. The molecule has 0 unspecified atom stereocenters. The van der Waals surface area contributed by atoms with Gasteiger partial charge in [0.2, 0.25) is 0 Å². The summed E-state index contributed by atoms with van der Waals surface area (Å²) in [5, 5.41) is 4.11. The minimum Gasteiger partial charge on any atom is -0.365 e. The zero-order chi connectivity index (χ0) is 16.1. The second-order valence-corrected chi connectivity index (χ2v) is 7.20. The molecule has 0 bridgehead atoms. The standard InChI is InChI=1S/C18H24N2OS/c1-12(2)11-14-6-8-15(9-7-14)17(16-5-4-10-22-16)20-13(3)18(19)21/h4-10,12-13,17,20H,11H2,1-3H3,(H2,19,21)/p+1/t13-,17-/m1/s1.